The highest BCUT2D eigenvalue weighted by Crippen LogP contribution is 2.46. The average Bonchev–Trinajstić information content (AvgIpc) is 3.27. The molecule has 2 aromatic carbocycles. The van der Waals surface area contributed by atoms with E-state index in [0.29, 0.717) is 45.8 Å². The molecule has 7 rings (SSSR count). The number of benzene rings is 2. The van der Waals surface area contributed by atoms with Crippen LogP contribution in [0.3, 0.4) is 0 Å². The number of aromatic nitrogens is 3. The first-order chi connectivity index (χ1) is 16.9. The van der Waals surface area contributed by atoms with E-state index in [4.69, 9.17) is 4.98 Å². The van der Waals surface area contributed by atoms with Crippen molar-refractivity contribution in [2.45, 2.75) is 38.6 Å². The smallest absolute Gasteiger partial charge is 0.164 e. The molecule has 0 unspecified atom stereocenters. The Balaban J connectivity index is 1.48. The van der Waals surface area contributed by atoms with Crippen LogP contribution >= 0.6 is 0 Å². The Morgan fingerprint density at radius 2 is 1.63 bits per heavy atom. The molecule has 2 aromatic heterocycles. The molecule has 3 saturated carbocycles. The molecule has 4 aromatic rings. The van der Waals surface area contributed by atoms with Gasteiger partial charge >= 0.3 is 0 Å². The highest BCUT2D eigenvalue weighted by Gasteiger charge is 2.41. The lowest BCUT2D eigenvalue weighted by molar-refractivity contribution is 0.0928. The Bertz CT molecular complexity index is 1420. The molecule has 2 heterocycles. The molecule has 3 fully saturated rings. The maximum absolute atomic E-state index is 14.3. The molecule has 2 atom stereocenters. The third-order valence-corrected chi connectivity index (χ3v) is 7.84. The second-order valence-corrected chi connectivity index (χ2v) is 9.81. The Labute approximate surface area is 199 Å². The van der Waals surface area contributed by atoms with E-state index in [-0.39, 0.29) is 17.4 Å². The van der Waals surface area contributed by atoms with E-state index >= 15 is 0 Å². The van der Waals surface area contributed by atoms with E-state index in [1.54, 1.807) is 6.07 Å². The highest BCUT2D eigenvalue weighted by atomic mass is 19.2. The van der Waals surface area contributed by atoms with Crippen LogP contribution in [-0.2, 0) is 0 Å². The fraction of sp³-hybridized carbons (Fsp3) is 0.333. The summed E-state index contributed by atoms with van der Waals surface area (Å²) >= 11 is 0. The summed E-state index contributed by atoms with van der Waals surface area (Å²) < 4.78 is 56.0. The fourth-order valence-corrected chi connectivity index (χ4v) is 5.96. The molecule has 0 radical (unpaired) electrons. The molecule has 4 nitrogen and oxygen atoms in total. The maximum atomic E-state index is 14.3. The normalized spacial score (nSPS) is 23.7. The molecule has 3 aliphatic carbocycles. The third-order valence-electron chi connectivity index (χ3n) is 7.84. The summed E-state index contributed by atoms with van der Waals surface area (Å²) in [4.78, 5) is 12.1. The molecular formula is C27H24F4N4. The number of fused-ring (bicyclic) bond motifs is 4. The van der Waals surface area contributed by atoms with Crippen LogP contribution in [0.4, 0.5) is 23.4 Å². The first kappa shape index (κ1) is 22.1. The average molecular weight is 481 g/mol. The van der Waals surface area contributed by atoms with Crippen molar-refractivity contribution in [2.75, 3.05) is 5.32 Å². The standard InChI is InChI=1S/C27H24F4N4/c1-13-14-2-4-15(5-3-14)25(13)34-24-11-23(16-6-7-20(29)21(30)8-16)33-27(35-24)19-12-32-26-18(19)9-17(28)10-22(26)31/h6-15,25,32H,2-5H2,1H3,(H,33,34,35)/t13-,14?,15?,25+/m1/s1. The van der Waals surface area contributed by atoms with E-state index < -0.39 is 23.3 Å². The number of nitrogens with zero attached hydrogens (tertiary/aromatic N) is 2. The van der Waals surface area contributed by atoms with Crippen LogP contribution in [0.15, 0.2) is 42.6 Å². The van der Waals surface area contributed by atoms with Crippen LogP contribution in [0, 0.1) is 41.0 Å². The number of hydrogen-bond acceptors (Lipinski definition) is 3. The summed E-state index contributed by atoms with van der Waals surface area (Å²) in [5, 5.41) is 3.90. The van der Waals surface area contributed by atoms with Gasteiger partial charge in [-0.3, -0.25) is 0 Å². The molecule has 0 aliphatic heterocycles. The molecule has 2 N–H and O–H groups in total. The Hall–Kier alpha value is -3.42. The molecule has 2 bridgehead atoms. The van der Waals surface area contributed by atoms with Gasteiger partial charge in [0.2, 0.25) is 0 Å². The van der Waals surface area contributed by atoms with Gasteiger partial charge in [0.25, 0.3) is 0 Å². The summed E-state index contributed by atoms with van der Waals surface area (Å²) in [5.74, 6) is -0.886. The van der Waals surface area contributed by atoms with E-state index in [9.17, 15) is 17.6 Å². The lowest BCUT2D eigenvalue weighted by Crippen LogP contribution is -2.47. The summed E-state index contributed by atoms with van der Waals surface area (Å²) in [6.45, 7) is 2.26. The van der Waals surface area contributed by atoms with Gasteiger partial charge in [0, 0.05) is 40.9 Å². The molecule has 8 heteroatoms. The van der Waals surface area contributed by atoms with Crippen LogP contribution in [0.25, 0.3) is 33.5 Å². The molecule has 0 amide bonds. The number of anilines is 1. The summed E-state index contributed by atoms with van der Waals surface area (Å²) in [6.07, 6.45) is 6.35. The number of H-pyrrole nitrogens is 1. The lowest BCUT2D eigenvalue weighted by atomic mass is 9.62. The number of nitrogens with one attached hydrogen (secondary N) is 2. The summed E-state index contributed by atoms with van der Waals surface area (Å²) in [6, 6.07) is 7.60. The molecule has 3 aliphatic rings. The van der Waals surface area contributed by atoms with Crippen LogP contribution < -0.4 is 5.32 Å². The van der Waals surface area contributed by atoms with Gasteiger partial charge in [0.05, 0.1) is 11.2 Å². The van der Waals surface area contributed by atoms with Gasteiger partial charge in [-0.05, 0) is 67.7 Å². The zero-order valence-corrected chi connectivity index (χ0v) is 19.1. The first-order valence-electron chi connectivity index (χ1n) is 11.9. The first-order valence-corrected chi connectivity index (χ1v) is 11.9. The van der Waals surface area contributed by atoms with Gasteiger partial charge in [-0.15, -0.1) is 0 Å². The van der Waals surface area contributed by atoms with Gasteiger partial charge in [0.1, 0.15) is 17.5 Å². The number of hydrogen-bond donors (Lipinski definition) is 2. The number of aromatic amines is 1. The van der Waals surface area contributed by atoms with Gasteiger partial charge in [-0.25, -0.2) is 27.5 Å². The van der Waals surface area contributed by atoms with Crippen LogP contribution in [0.5, 0.6) is 0 Å². The minimum absolute atomic E-state index is 0.149. The van der Waals surface area contributed by atoms with E-state index in [1.807, 2.05) is 0 Å². The lowest BCUT2D eigenvalue weighted by Gasteiger charge is -2.47. The Kier molecular flexibility index (Phi) is 5.27. The quantitative estimate of drug-likeness (QED) is 0.307. The van der Waals surface area contributed by atoms with Gasteiger partial charge in [-0.1, -0.05) is 6.92 Å². The third kappa shape index (κ3) is 3.85. The SMILES string of the molecule is C[C@@H]1C2CCC(CC2)[C@H]1Nc1cc(-c2ccc(F)c(F)c2)nc(-c2c[nH]c3c(F)cc(F)cc23)n1. The summed E-state index contributed by atoms with van der Waals surface area (Å²) in [7, 11) is 0. The fourth-order valence-electron chi connectivity index (χ4n) is 5.96. The minimum atomic E-state index is -0.980. The van der Waals surface area contributed by atoms with Crippen molar-refractivity contribution in [3.05, 3.63) is 65.9 Å². The zero-order valence-electron chi connectivity index (χ0n) is 19.1. The van der Waals surface area contributed by atoms with Gasteiger partial charge in [-0.2, -0.15) is 0 Å². The molecule has 0 saturated heterocycles. The predicted octanol–water partition coefficient (Wildman–Crippen LogP) is 7.08. The molecular weight excluding hydrogens is 456 g/mol. The van der Waals surface area contributed by atoms with Gasteiger partial charge in [0.15, 0.2) is 17.5 Å². The van der Waals surface area contributed by atoms with Crippen LogP contribution in [0.2, 0.25) is 0 Å². The number of rotatable bonds is 4. The van der Waals surface area contributed by atoms with Crippen LogP contribution in [-0.4, -0.2) is 21.0 Å². The molecule has 0 spiro atoms. The monoisotopic (exact) mass is 480 g/mol. The van der Waals surface area contributed by atoms with Gasteiger partial charge < -0.3 is 10.3 Å². The second-order valence-electron chi connectivity index (χ2n) is 9.81. The van der Waals surface area contributed by atoms with E-state index in [2.05, 4.69) is 22.2 Å². The molecule has 35 heavy (non-hydrogen) atoms. The maximum Gasteiger partial charge on any atom is 0.164 e. The number of halogens is 4. The Morgan fingerprint density at radius 3 is 2.37 bits per heavy atom. The second kappa shape index (κ2) is 8.36. The zero-order chi connectivity index (χ0) is 24.3. The van der Waals surface area contributed by atoms with Crippen molar-refractivity contribution in [1.82, 2.24) is 15.0 Å². The van der Waals surface area contributed by atoms with Crippen molar-refractivity contribution in [3.63, 3.8) is 0 Å². The van der Waals surface area contributed by atoms with E-state index in [0.717, 1.165) is 18.2 Å². The molecule has 180 valence electrons. The highest BCUT2D eigenvalue weighted by molar-refractivity contribution is 5.94. The van der Waals surface area contributed by atoms with Crippen molar-refractivity contribution >= 4 is 16.7 Å². The predicted molar refractivity (Wildman–Crippen MR) is 127 cm³/mol. The van der Waals surface area contributed by atoms with Crippen molar-refractivity contribution in [3.8, 4) is 22.6 Å². The van der Waals surface area contributed by atoms with Crippen molar-refractivity contribution in [2.24, 2.45) is 17.8 Å². The van der Waals surface area contributed by atoms with Crippen molar-refractivity contribution in [1.29, 1.82) is 0 Å². The minimum Gasteiger partial charge on any atom is -0.367 e. The largest absolute Gasteiger partial charge is 0.367 e. The van der Waals surface area contributed by atoms with E-state index in [1.165, 1.54) is 44.0 Å². The van der Waals surface area contributed by atoms with Crippen LogP contribution in [0.1, 0.15) is 32.6 Å². The summed E-state index contributed by atoms with van der Waals surface area (Å²) in [5.41, 5.74) is 1.34. The van der Waals surface area contributed by atoms with Crippen molar-refractivity contribution < 1.29 is 17.6 Å². The Morgan fingerprint density at radius 1 is 0.857 bits per heavy atom. The topological polar surface area (TPSA) is 53.6 Å².